The molecule has 1 fully saturated rings. The van der Waals surface area contributed by atoms with Gasteiger partial charge in [-0.05, 0) is 64.7 Å². The monoisotopic (exact) mass is 405 g/mol. The highest BCUT2D eigenvalue weighted by Crippen LogP contribution is 2.17. The Kier molecular flexibility index (Phi) is 6.30. The topological polar surface area (TPSA) is 60.7 Å². The number of furan rings is 1. The Bertz CT molecular complexity index is 717. The highest BCUT2D eigenvalue weighted by Gasteiger charge is 2.15. The van der Waals surface area contributed by atoms with Gasteiger partial charge < -0.3 is 19.2 Å². The van der Waals surface area contributed by atoms with E-state index >= 15 is 0 Å². The molecule has 25 heavy (non-hydrogen) atoms. The predicted molar refractivity (Wildman–Crippen MR) is 98.2 cm³/mol. The number of halogens is 1. The van der Waals surface area contributed by atoms with Crippen LogP contribution in [-0.4, -0.2) is 25.2 Å². The van der Waals surface area contributed by atoms with Crippen molar-refractivity contribution < 1.29 is 18.7 Å². The molecule has 1 aromatic carbocycles. The number of rotatable bonds is 7. The van der Waals surface area contributed by atoms with E-state index in [1.54, 1.807) is 18.2 Å². The molecule has 1 N–H and O–H groups in total. The summed E-state index contributed by atoms with van der Waals surface area (Å²) < 4.78 is 17.2. The maximum Gasteiger partial charge on any atom is 0.244 e. The zero-order valence-corrected chi connectivity index (χ0v) is 15.3. The van der Waals surface area contributed by atoms with Crippen LogP contribution in [0.15, 0.2) is 51.6 Å². The van der Waals surface area contributed by atoms with Gasteiger partial charge in [0.05, 0.1) is 6.10 Å². The number of carbonyl (C=O) groups is 1. The summed E-state index contributed by atoms with van der Waals surface area (Å²) in [6.07, 6.45) is 5.46. The highest BCUT2D eigenvalue weighted by molar-refractivity contribution is 9.10. The summed E-state index contributed by atoms with van der Waals surface area (Å²) >= 11 is 3.22. The van der Waals surface area contributed by atoms with Crippen molar-refractivity contribution in [3.63, 3.8) is 0 Å². The average molecular weight is 406 g/mol. The SMILES string of the molecule is O=C(/C=C/c1ccc(Br)o1)NCc1ccc(OCC2CCCO2)cc1. The minimum Gasteiger partial charge on any atom is -0.491 e. The van der Waals surface area contributed by atoms with Gasteiger partial charge in [0.2, 0.25) is 5.91 Å². The minimum atomic E-state index is -0.175. The van der Waals surface area contributed by atoms with Gasteiger partial charge in [0.1, 0.15) is 18.1 Å². The number of carbonyl (C=O) groups excluding carboxylic acids is 1. The fourth-order valence-corrected chi connectivity index (χ4v) is 2.81. The van der Waals surface area contributed by atoms with Crippen LogP contribution in [0.2, 0.25) is 0 Å². The second-order valence-electron chi connectivity index (χ2n) is 5.78. The van der Waals surface area contributed by atoms with Crippen LogP contribution in [-0.2, 0) is 16.1 Å². The molecule has 0 spiro atoms. The van der Waals surface area contributed by atoms with E-state index in [-0.39, 0.29) is 12.0 Å². The number of hydrogen-bond donors (Lipinski definition) is 1. The maximum atomic E-state index is 11.8. The largest absolute Gasteiger partial charge is 0.491 e. The second kappa shape index (κ2) is 8.87. The Morgan fingerprint density at radius 2 is 2.12 bits per heavy atom. The van der Waals surface area contributed by atoms with Crippen LogP contribution in [0.25, 0.3) is 6.08 Å². The molecule has 6 heteroatoms. The molecule has 5 nitrogen and oxygen atoms in total. The Morgan fingerprint density at radius 3 is 2.80 bits per heavy atom. The Balaban J connectivity index is 1.41. The summed E-state index contributed by atoms with van der Waals surface area (Å²) in [6.45, 7) is 1.87. The molecular weight excluding hydrogens is 386 g/mol. The lowest BCUT2D eigenvalue weighted by molar-refractivity contribution is -0.116. The van der Waals surface area contributed by atoms with Crippen LogP contribution in [0.4, 0.5) is 0 Å². The molecule has 1 amide bonds. The maximum absolute atomic E-state index is 11.8. The molecular formula is C19H20BrNO4. The van der Waals surface area contributed by atoms with Crippen molar-refractivity contribution in [2.45, 2.75) is 25.5 Å². The van der Waals surface area contributed by atoms with Crippen molar-refractivity contribution in [2.75, 3.05) is 13.2 Å². The third-order valence-corrected chi connectivity index (χ3v) is 4.27. The van der Waals surface area contributed by atoms with Crippen LogP contribution in [0, 0.1) is 0 Å². The van der Waals surface area contributed by atoms with E-state index < -0.39 is 0 Å². The van der Waals surface area contributed by atoms with E-state index in [9.17, 15) is 4.79 Å². The third-order valence-electron chi connectivity index (χ3n) is 3.84. The van der Waals surface area contributed by atoms with Crippen molar-refractivity contribution in [1.29, 1.82) is 0 Å². The lowest BCUT2D eigenvalue weighted by atomic mass is 10.2. The standard InChI is InChI=1S/C19H20BrNO4/c20-18-9-7-16(25-18)8-10-19(22)21-12-14-3-5-15(6-4-14)24-13-17-2-1-11-23-17/h3-10,17H,1-2,11-13H2,(H,21,22)/b10-8+. The van der Waals surface area contributed by atoms with E-state index in [1.807, 2.05) is 24.3 Å². The van der Waals surface area contributed by atoms with Crippen LogP contribution >= 0.6 is 15.9 Å². The lowest BCUT2D eigenvalue weighted by Crippen LogP contribution is -2.20. The quantitative estimate of drug-likeness (QED) is 0.708. The summed E-state index contributed by atoms with van der Waals surface area (Å²) in [5.41, 5.74) is 1.01. The first-order chi connectivity index (χ1) is 12.2. The van der Waals surface area contributed by atoms with Crippen LogP contribution < -0.4 is 10.1 Å². The second-order valence-corrected chi connectivity index (χ2v) is 6.56. The summed E-state index contributed by atoms with van der Waals surface area (Å²) in [6, 6.07) is 11.3. The summed E-state index contributed by atoms with van der Waals surface area (Å²) in [5.74, 6) is 1.26. The Labute approximate surface area is 155 Å². The van der Waals surface area contributed by atoms with Crippen LogP contribution in [0.3, 0.4) is 0 Å². The zero-order chi connectivity index (χ0) is 17.5. The third kappa shape index (κ3) is 5.76. The predicted octanol–water partition coefficient (Wildman–Crippen LogP) is 3.93. The first-order valence-electron chi connectivity index (χ1n) is 8.23. The average Bonchev–Trinajstić information content (AvgIpc) is 3.29. The Morgan fingerprint density at radius 1 is 1.28 bits per heavy atom. The molecule has 2 aromatic rings. The van der Waals surface area contributed by atoms with Crippen molar-refractivity contribution in [3.8, 4) is 5.75 Å². The molecule has 1 unspecified atom stereocenters. The smallest absolute Gasteiger partial charge is 0.244 e. The van der Waals surface area contributed by atoms with Gasteiger partial charge in [-0.25, -0.2) is 0 Å². The highest BCUT2D eigenvalue weighted by atomic mass is 79.9. The molecule has 1 saturated heterocycles. The van der Waals surface area contributed by atoms with Gasteiger partial charge in [-0.15, -0.1) is 0 Å². The van der Waals surface area contributed by atoms with Crippen molar-refractivity contribution in [1.82, 2.24) is 5.32 Å². The normalized spacial score (nSPS) is 17.1. The molecule has 1 aliphatic rings. The van der Waals surface area contributed by atoms with Crippen molar-refractivity contribution in [2.24, 2.45) is 0 Å². The fraction of sp³-hybridized carbons (Fsp3) is 0.316. The molecule has 3 rings (SSSR count). The van der Waals surface area contributed by atoms with Crippen LogP contribution in [0.5, 0.6) is 5.75 Å². The van der Waals surface area contributed by atoms with E-state index in [2.05, 4.69) is 21.2 Å². The van der Waals surface area contributed by atoms with Gasteiger partial charge in [-0.1, -0.05) is 12.1 Å². The van der Waals surface area contributed by atoms with Gasteiger partial charge >= 0.3 is 0 Å². The number of nitrogens with one attached hydrogen (secondary N) is 1. The number of ether oxygens (including phenoxy) is 2. The van der Waals surface area contributed by atoms with E-state index in [0.29, 0.717) is 23.6 Å². The molecule has 132 valence electrons. The van der Waals surface area contributed by atoms with E-state index in [0.717, 1.165) is 30.8 Å². The minimum absolute atomic E-state index is 0.175. The van der Waals surface area contributed by atoms with E-state index in [4.69, 9.17) is 13.9 Å². The molecule has 0 aliphatic carbocycles. The lowest BCUT2D eigenvalue weighted by Gasteiger charge is -2.11. The molecule has 0 bridgehead atoms. The van der Waals surface area contributed by atoms with Gasteiger partial charge in [0.15, 0.2) is 4.67 Å². The molecule has 2 heterocycles. The first-order valence-corrected chi connectivity index (χ1v) is 9.03. The van der Waals surface area contributed by atoms with Gasteiger partial charge in [0.25, 0.3) is 0 Å². The van der Waals surface area contributed by atoms with Gasteiger partial charge in [-0.3, -0.25) is 4.79 Å². The van der Waals surface area contributed by atoms with Crippen molar-refractivity contribution in [3.05, 3.63) is 58.5 Å². The number of benzene rings is 1. The molecule has 1 aromatic heterocycles. The number of hydrogen-bond acceptors (Lipinski definition) is 4. The van der Waals surface area contributed by atoms with Gasteiger partial charge in [-0.2, -0.15) is 0 Å². The van der Waals surface area contributed by atoms with E-state index in [1.165, 1.54) is 6.08 Å². The summed E-state index contributed by atoms with van der Waals surface area (Å²) in [7, 11) is 0. The fourth-order valence-electron chi connectivity index (χ4n) is 2.49. The molecule has 1 atom stereocenters. The van der Waals surface area contributed by atoms with Crippen LogP contribution in [0.1, 0.15) is 24.2 Å². The molecule has 1 aliphatic heterocycles. The van der Waals surface area contributed by atoms with Gasteiger partial charge in [0, 0.05) is 19.2 Å². The summed E-state index contributed by atoms with van der Waals surface area (Å²) in [5, 5.41) is 2.83. The summed E-state index contributed by atoms with van der Waals surface area (Å²) in [4.78, 5) is 11.8. The molecule has 0 radical (unpaired) electrons. The Hall–Kier alpha value is -2.05. The van der Waals surface area contributed by atoms with Crippen molar-refractivity contribution >= 4 is 27.9 Å². The zero-order valence-electron chi connectivity index (χ0n) is 13.7. The number of amides is 1. The molecule has 0 saturated carbocycles. The first kappa shape index (κ1) is 17.8.